The SMILES string of the molecule is CCCCc1nc2ccc(Br)cc2c(=O)n1N=Cc1c(OCC(=O)Nc2ccccc2F)ccc2ccccc12. The van der Waals surface area contributed by atoms with Crippen LogP contribution in [0.3, 0.4) is 0 Å². The van der Waals surface area contributed by atoms with Crippen LogP contribution in [-0.4, -0.2) is 28.4 Å². The molecule has 0 fully saturated rings. The molecule has 0 atom stereocenters. The van der Waals surface area contributed by atoms with Crippen molar-refractivity contribution in [2.75, 3.05) is 11.9 Å². The molecule has 7 nitrogen and oxygen atoms in total. The molecule has 1 aromatic heterocycles. The van der Waals surface area contributed by atoms with Gasteiger partial charge in [-0.15, -0.1) is 0 Å². The normalized spacial score (nSPS) is 11.4. The minimum absolute atomic E-state index is 0.0748. The molecule has 0 aliphatic heterocycles. The lowest BCUT2D eigenvalue weighted by Crippen LogP contribution is -2.23. The van der Waals surface area contributed by atoms with Crippen LogP contribution in [0.25, 0.3) is 21.7 Å². The number of carbonyl (C=O) groups is 1. The van der Waals surface area contributed by atoms with Crippen molar-refractivity contribution in [1.82, 2.24) is 9.66 Å². The fourth-order valence-corrected chi connectivity index (χ4v) is 4.71. The zero-order valence-electron chi connectivity index (χ0n) is 21.7. The van der Waals surface area contributed by atoms with Crippen LogP contribution >= 0.6 is 15.9 Å². The highest BCUT2D eigenvalue weighted by molar-refractivity contribution is 9.10. The lowest BCUT2D eigenvalue weighted by molar-refractivity contribution is -0.118. The molecular formula is C31H26BrFN4O3. The molecule has 9 heteroatoms. The maximum absolute atomic E-state index is 14.0. The van der Waals surface area contributed by atoms with Crippen LogP contribution < -0.4 is 15.6 Å². The number of nitrogens with one attached hydrogen (secondary N) is 1. The van der Waals surface area contributed by atoms with E-state index in [4.69, 9.17) is 9.72 Å². The Bertz CT molecular complexity index is 1800. The highest BCUT2D eigenvalue weighted by Gasteiger charge is 2.14. The van der Waals surface area contributed by atoms with E-state index in [1.54, 1.807) is 30.5 Å². The largest absolute Gasteiger partial charge is 0.483 e. The van der Waals surface area contributed by atoms with Crippen LogP contribution in [-0.2, 0) is 11.2 Å². The third-order valence-corrected chi connectivity index (χ3v) is 6.86. The molecule has 0 bridgehead atoms. The van der Waals surface area contributed by atoms with E-state index in [0.29, 0.717) is 34.5 Å². The zero-order chi connectivity index (χ0) is 28.1. The fourth-order valence-electron chi connectivity index (χ4n) is 4.35. The number of halogens is 2. The number of aryl methyl sites for hydroxylation is 1. The van der Waals surface area contributed by atoms with Gasteiger partial charge in [0.1, 0.15) is 17.4 Å². The smallest absolute Gasteiger partial charge is 0.282 e. The maximum Gasteiger partial charge on any atom is 0.282 e. The van der Waals surface area contributed by atoms with Gasteiger partial charge in [-0.1, -0.05) is 71.7 Å². The summed E-state index contributed by atoms with van der Waals surface area (Å²) in [5, 5.41) is 9.34. The number of ether oxygens (including phenoxy) is 1. The Kier molecular flexibility index (Phi) is 8.31. The maximum atomic E-state index is 14.0. The summed E-state index contributed by atoms with van der Waals surface area (Å²) in [7, 11) is 0. The standard InChI is InChI=1S/C31H26BrFN4O3/c1-2-3-12-29-35-26-15-14-21(32)17-23(26)31(39)37(29)34-18-24-22-9-5-4-8-20(22)13-16-28(24)40-19-30(38)36-27-11-7-6-10-25(27)33/h4-11,13-18H,2-3,12,19H2,1H3,(H,36,38). The molecule has 0 aliphatic rings. The Labute approximate surface area is 238 Å². The molecule has 0 radical (unpaired) electrons. The number of nitrogens with zero attached hydrogens (tertiary/aromatic N) is 3. The molecule has 1 amide bonds. The highest BCUT2D eigenvalue weighted by Crippen LogP contribution is 2.27. The number of benzene rings is 4. The second-order valence-electron chi connectivity index (χ2n) is 9.17. The zero-order valence-corrected chi connectivity index (χ0v) is 23.3. The third kappa shape index (κ3) is 5.94. The van der Waals surface area contributed by atoms with Crippen molar-refractivity contribution in [2.24, 2.45) is 5.10 Å². The average molecular weight is 601 g/mol. The number of hydrogen-bond donors (Lipinski definition) is 1. The molecule has 0 saturated heterocycles. The molecular weight excluding hydrogens is 575 g/mol. The minimum atomic E-state index is -0.533. The van der Waals surface area contributed by atoms with E-state index >= 15 is 0 Å². The molecule has 0 saturated carbocycles. The van der Waals surface area contributed by atoms with Crippen LogP contribution in [0.5, 0.6) is 5.75 Å². The summed E-state index contributed by atoms with van der Waals surface area (Å²) in [5.41, 5.74) is 1.01. The number of anilines is 1. The summed E-state index contributed by atoms with van der Waals surface area (Å²) >= 11 is 3.43. The minimum Gasteiger partial charge on any atom is -0.483 e. The molecule has 0 spiro atoms. The molecule has 202 valence electrons. The van der Waals surface area contributed by atoms with Crippen molar-refractivity contribution < 1.29 is 13.9 Å². The van der Waals surface area contributed by atoms with E-state index in [1.807, 2.05) is 42.5 Å². The number of rotatable bonds is 9. The Hall–Kier alpha value is -4.37. The second-order valence-corrected chi connectivity index (χ2v) is 10.1. The van der Waals surface area contributed by atoms with Gasteiger partial charge in [-0.3, -0.25) is 9.59 Å². The summed E-state index contributed by atoms with van der Waals surface area (Å²) < 4.78 is 22.0. The third-order valence-electron chi connectivity index (χ3n) is 6.37. The molecule has 40 heavy (non-hydrogen) atoms. The van der Waals surface area contributed by atoms with Gasteiger partial charge in [0.15, 0.2) is 6.61 Å². The first-order valence-electron chi connectivity index (χ1n) is 12.9. The quantitative estimate of drug-likeness (QED) is 0.191. The monoisotopic (exact) mass is 600 g/mol. The van der Waals surface area contributed by atoms with Crippen LogP contribution in [0.1, 0.15) is 31.2 Å². The molecule has 1 N–H and O–H groups in total. The van der Waals surface area contributed by atoms with Gasteiger partial charge in [0.25, 0.3) is 11.5 Å². The van der Waals surface area contributed by atoms with Gasteiger partial charge in [-0.2, -0.15) is 9.78 Å². The number of aromatic nitrogens is 2. The van der Waals surface area contributed by atoms with Gasteiger partial charge in [-0.05, 0) is 53.6 Å². The molecule has 0 aliphatic carbocycles. The predicted molar refractivity (Wildman–Crippen MR) is 160 cm³/mol. The van der Waals surface area contributed by atoms with E-state index in [1.165, 1.54) is 16.8 Å². The van der Waals surface area contributed by atoms with E-state index in [2.05, 4.69) is 33.3 Å². The summed E-state index contributed by atoms with van der Waals surface area (Å²) in [4.78, 5) is 30.8. The number of amides is 1. The molecule has 4 aromatic carbocycles. The van der Waals surface area contributed by atoms with Gasteiger partial charge < -0.3 is 10.1 Å². The van der Waals surface area contributed by atoms with Crippen LogP contribution in [0.15, 0.2) is 93.2 Å². The summed E-state index contributed by atoms with van der Waals surface area (Å²) in [6, 6.07) is 22.6. The topological polar surface area (TPSA) is 85.6 Å². The number of carbonyl (C=O) groups excluding carboxylic acids is 1. The van der Waals surface area contributed by atoms with Crippen molar-refractivity contribution in [3.63, 3.8) is 0 Å². The van der Waals surface area contributed by atoms with Gasteiger partial charge in [0.2, 0.25) is 0 Å². The van der Waals surface area contributed by atoms with Crippen LogP contribution in [0.2, 0.25) is 0 Å². The Morgan fingerprint density at radius 1 is 1.07 bits per heavy atom. The van der Waals surface area contributed by atoms with E-state index in [9.17, 15) is 14.0 Å². The van der Waals surface area contributed by atoms with E-state index in [-0.39, 0.29) is 17.9 Å². The number of hydrogen-bond acceptors (Lipinski definition) is 5. The van der Waals surface area contributed by atoms with Crippen LogP contribution in [0.4, 0.5) is 10.1 Å². The first kappa shape index (κ1) is 27.2. The van der Waals surface area contributed by atoms with Crippen molar-refractivity contribution in [3.05, 3.63) is 111 Å². The lowest BCUT2D eigenvalue weighted by Gasteiger charge is -2.13. The number of unbranched alkanes of at least 4 members (excludes halogenated alkanes) is 1. The summed E-state index contributed by atoms with van der Waals surface area (Å²) in [6.45, 7) is 1.73. The second kappa shape index (κ2) is 12.2. The lowest BCUT2D eigenvalue weighted by atomic mass is 10.0. The number of fused-ring (bicyclic) bond motifs is 2. The van der Waals surface area contributed by atoms with E-state index < -0.39 is 11.7 Å². The van der Waals surface area contributed by atoms with Gasteiger partial charge in [0.05, 0.1) is 22.8 Å². The average Bonchev–Trinajstić information content (AvgIpc) is 2.96. The van der Waals surface area contributed by atoms with Crippen molar-refractivity contribution in [2.45, 2.75) is 26.2 Å². The highest BCUT2D eigenvalue weighted by atomic mass is 79.9. The van der Waals surface area contributed by atoms with Gasteiger partial charge in [0, 0.05) is 16.5 Å². The van der Waals surface area contributed by atoms with Gasteiger partial charge >= 0.3 is 0 Å². The summed E-state index contributed by atoms with van der Waals surface area (Å²) in [6.07, 6.45) is 3.94. The number of para-hydroxylation sites is 1. The van der Waals surface area contributed by atoms with Gasteiger partial charge in [-0.25, -0.2) is 9.37 Å². The Balaban J connectivity index is 1.52. The fraction of sp³-hybridized carbons (Fsp3) is 0.161. The molecule has 5 rings (SSSR count). The summed E-state index contributed by atoms with van der Waals surface area (Å²) in [5.74, 6) is -0.0890. The van der Waals surface area contributed by atoms with Crippen molar-refractivity contribution in [3.8, 4) is 5.75 Å². The molecule has 0 unspecified atom stereocenters. The van der Waals surface area contributed by atoms with E-state index in [0.717, 1.165) is 28.1 Å². The van der Waals surface area contributed by atoms with Crippen LogP contribution in [0, 0.1) is 5.82 Å². The predicted octanol–water partition coefficient (Wildman–Crippen LogP) is 6.69. The Morgan fingerprint density at radius 3 is 2.70 bits per heavy atom. The van der Waals surface area contributed by atoms with Crippen molar-refractivity contribution in [1.29, 1.82) is 0 Å². The van der Waals surface area contributed by atoms with Crippen molar-refractivity contribution >= 4 is 55.4 Å². The molecule has 5 aromatic rings. The first-order chi connectivity index (χ1) is 19.4. The molecule has 1 heterocycles. The Morgan fingerprint density at radius 2 is 1.88 bits per heavy atom. The first-order valence-corrected chi connectivity index (χ1v) is 13.7.